The average molecular weight is 1130 g/mol. The lowest BCUT2D eigenvalue weighted by Gasteiger charge is -2.28. The summed E-state index contributed by atoms with van der Waals surface area (Å²) in [6.07, 6.45) is -1.61. The highest BCUT2D eigenvalue weighted by Crippen LogP contribution is 2.10. The number of guanidine groups is 2. The molecule has 0 fully saturated rings. The van der Waals surface area contributed by atoms with Crippen LogP contribution in [0.2, 0.25) is 0 Å². The van der Waals surface area contributed by atoms with E-state index in [1.807, 2.05) is 5.32 Å². The Morgan fingerprint density at radius 2 is 0.734 bits per heavy atom. The Morgan fingerprint density at radius 1 is 0.430 bits per heavy atom. The Balaban J connectivity index is 6.85. The highest BCUT2D eigenvalue weighted by atomic mass is 16.4. The van der Waals surface area contributed by atoms with Crippen molar-refractivity contribution < 1.29 is 78.3 Å². The summed E-state index contributed by atoms with van der Waals surface area (Å²) in [4.78, 5) is 152. The van der Waals surface area contributed by atoms with Crippen molar-refractivity contribution in [1.29, 1.82) is 0 Å². The molecule has 79 heavy (non-hydrogen) atoms. The molecule has 0 radical (unpaired) electrons. The largest absolute Gasteiger partial charge is 0.480 e. The zero-order chi connectivity index (χ0) is 60.4. The molecule has 30 N–H and O–H groups in total. The topological polar surface area (TPSA) is 630 Å². The summed E-state index contributed by atoms with van der Waals surface area (Å²) in [5, 5.41) is 70.2. The molecular weight excluding hydrogens is 1050 g/mol. The van der Waals surface area contributed by atoms with E-state index in [2.05, 4.69) is 52.5 Å². The van der Waals surface area contributed by atoms with Crippen molar-refractivity contribution in [1.82, 2.24) is 47.9 Å². The van der Waals surface area contributed by atoms with Gasteiger partial charge in [-0.15, -0.1) is 0 Å². The van der Waals surface area contributed by atoms with Gasteiger partial charge >= 0.3 is 5.97 Å². The second kappa shape index (κ2) is 38.9. The number of amides is 10. The van der Waals surface area contributed by atoms with Crippen LogP contribution in [0.5, 0.6) is 0 Å². The van der Waals surface area contributed by atoms with Gasteiger partial charge in [-0.25, -0.2) is 0 Å². The smallest absolute Gasteiger partial charge is 0.325 e. The number of aliphatic imine (C=N–C) groups is 2. The summed E-state index contributed by atoms with van der Waals surface area (Å²) < 4.78 is 0. The summed E-state index contributed by atoms with van der Waals surface area (Å²) in [6, 6.07) is -16.1. The third-order valence-electron chi connectivity index (χ3n) is 11.3. The number of nitrogens with one attached hydrogen (secondary N) is 9. The summed E-state index contributed by atoms with van der Waals surface area (Å²) in [5.74, 6) is -12.6. The molecule has 0 aliphatic rings. The van der Waals surface area contributed by atoms with Gasteiger partial charge in [-0.05, 0) is 91.1 Å². The fraction of sp³-hybridized carbons (Fsp3) is 0.705. The number of unbranched alkanes of at least 4 members (excludes halogenated alkanes) is 2. The summed E-state index contributed by atoms with van der Waals surface area (Å²) in [5.41, 5.74) is 44.0. The quantitative estimate of drug-likeness (QED) is 0.0154. The van der Waals surface area contributed by atoms with Crippen LogP contribution >= 0.6 is 0 Å². The number of rotatable bonds is 41. The molecule has 0 saturated heterocycles. The van der Waals surface area contributed by atoms with E-state index in [4.69, 9.17) is 51.0 Å². The van der Waals surface area contributed by atoms with Crippen molar-refractivity contribution in [2.24, 2.45) is 55.9 Å². The standard InChI is InChI=1S/C44H83N19O16/c1-21(42(78)79)55-38(74)28(18-64)62-41(77)32(22(2)67)63-40(76)30(20-66)61-37(73)27(12-8-16-54-44(51)52)58-35(71)25(10-4-6-14-46)56-34(70)24(9-3-5-13-45)57-36(72)26(11-7-15-53-43(49)50)59-39(75)29(19-65)60-33(69)23(47)17-31(48)68/h21-30,32,64-67H,3-20,45-47H2,1-2H3,(H2,48,68)(H,55,74)(H,56,70)(H,57,72)(H,58,71)(H,59,75)(H,60,69)(H,61,73)(H,62,77)(H,63,76)(H,78,79)(H4,49,50,53)(H4,51,52,54)/t21-,22+,23-,24-,25-,26-,27-,28-,29-,30-,32-/m0/s1. The van der Waals surface area contributed by atoms with E-state index in [1.54, 1.807) is 0 Å². The number of hydrogen-bond acceptors (Lipinski definition) is 20. The van der Waals surface area contributed by atoms with Crippen LogP contribution in [0.4, 0.5) is 0 Å². The monoisotopic (exact) mass is 1130 g/mol. The van der Waals surface area contributed by atoms with Gasteiger partial charge < -0.3 is 119 Å². The number of carboxylic acids is 1. The molecule has 0 spiro atoms. The molecule has 11 atom stereocenters. The Morgan fingerprint density at radius 3 is 1.05 bits per heavy atom. The predicted molar refractivity (Wildman–Crippen MR) is 281 cm³/mol. The van der Waals surface area contributed by atoms with Gasteiger partial charge in [0.05, 0.1) is 38.4 Å². The molecule has 0 rings (SSSR count). The highest BCUT2D eigenvalue weighted by Gasteiger charge is 2.36. The molecule has 0 aromatic rings. The number of aliphatic hydroxyl groups excluding tert-OH is 4. The van der Waals surface area contributed by atoms with Crippen LogP contribution in [0.3, 0.4) is 0 Å². The Bertz CT molecular complexity index is 2080. The first-order valence-electron chi connectivity index (χ1n) is 25.2. The maximum Gasteiger partial charge on any atom is 0.325 e. The fourth-order valence-corrected chi connectivity index (χ4v) is 6.90. The van der Waals surface area contributed by atoms with Crippen molar-refractivity contribution in [3.63, 3.8) is 0 Å². The van der Waals surface area contributed by atoms with Crippen molar-refractivity contribution in [3.05, 3.63) is 0 Å². The lowest BCUT2D eigenvalue weighted by molar-refractivity contribution is -0.142. The maximum absolute atomic E-state index is 14.2. The fourth-order valence-electron chi connectivity index (χ4n) is 6.90. The molecule has 0 heterocycles. The predicted octanol–water partition coefficient (Wildman–Crippen LogP) is -11.6. The second-order valence-electron chi connectivity index (χ2n) is 18.0. The number of nitrogens with two attached hydrogens (primary N) is 8. The summed E-state index contributed by atoms with van der Waals surface area (Å²) >= 11 is 0. The number of aliphatic hydroxyl groups is 4. The van der Waals surface area contributed by atoms with Crippen LogP contribution in [-0.4, -0.2) is 215 Å². The molecule has 0 aromatic carbocycles. The first-order valence-corrected chi connectivity index (χ1v) is 25.2. The molecule has 450 valence electrons. The van der Waals surface area contributed by atoms with Crippen LogP contribution in [0, 0.1) is 0 Å². The van der Waals surface area contributed by atoms with E-state index in [0.717, 1.165) is 13.8 Å². The van der Waals surface area contributed by atoms with Crippen LogP contribution in [0.25, 0.3) is 0 Å². The van der Waals surface area contributed by atoms with Gasteiger partial charge in [0.25, 0.3) is 0 Å². The van der Waals surface area contributed by atoms with E-state index in [1.165, 1.54) is 0 Å². The SMILES string of the molecule is C[C@H](NC(=O)[C@H](CO)NC(=O)[C@@H](NC(=O)[C@H](CO)NC(=O)[C@H](CCCN=C(N)N)NC(=O)[C@H](CCCCN)NC(=O)[C@H](CCCCN)NC(=O)[C@H](CCCN=C(N)N)NC(=O)[C@H](CO)NC(=O)[C@@H](N)CC(N)=O)[C@@H](C)O)C(=O)O. The minimum Gasteiger partial charge on any atom is -0.480 e. The van der Waals surface area contributed by atoms with Gasteiger partial charge in [-0.3, -0.25) is 62.7 Å². The first-order chi connectivity index (χ1) is 37.2. The van der Waals surface area contributed by atoms with E-state index in [9.17, 15) is 73.2 Å². The van der Waals surface area contributed by atoms with Crippen molar-refractivity contribution in [2.45, 2.75) is 151 Å². The first kappa shape index (κ1) is 71.4. The lowest BCUT2D eigenvalue weighted by atomic mass is 10.0. The Kier molecular flexibility index (Phi) is 35.2. The minimum atomic E-state index is -1.89. The number of carbonyl (C=O) groups excluding carboxylic acids is 10. The zero-order valence-electron chi connectivity index (χ0n) is 44.3. The molecule has 0 saturated carbocycles. The lowest BCUT2D eigenvalue weighted by Crippen LogP contribution is -2.62. The number of aliphatic carboxylic acids is 1. The van der Waals surface area contributed by atoms with E-state index in [-0.39, 0.29) is 89.5 Å². The zero-order valence-corrected chi connectivity index (χ0v) is 44.3. The van der Waals surface area contributed by atoms with Crippen LogP contribution in [0.15, 0.2) is 9.98 Å². The van der Waals surface area contributed by atoms with Crippen LogP contribution < -0.4 is 93.7 Å². The molecule has 0 aromatic heterocycles. The molecule has 10 amide bonds. The number of carboxylic acid groups (broad SMARTS) is 1. The van der Waals surface area contributed by atoms with Gasteiger partial charge in [-0.1, -0.05) is 0 Å². The number of hydrogen-bond donors (Lipinski definition) is 22. The number of carbonyl (C=O) groups is 11. The minimum absolute atomic E-state index is 0.0126. The molecule has 0 aliphatic heterocycles. The third-order valence-corrected chi connectivity index (χ3v) is 11.3. The summed E-state index contributed by atoms with van der Waals surface area (Å²) in [7, 11) is 0. The van der Waals surface area contributed by atoms with Crippen LogP contribution in [0.1, 0.15) is 84.5 Å². The third kappa shape index (κ3) is 29.1. The van der Waals surface area contributed by atoms with Crippen molar-refractivity contribution in [2.75, 3.05) is 46.0 Å². The Hall–Kier alpha value is -7.57. The molecule has 35 heteroatoms. The summed E-state index contributed by atoms with van der Waals surface area (Å²) in [6.45, 7) is -0.744. The number of primary amides is 1. The Labute approximate surface area is 455 Å². The normalized spacial score (nSPS) is 15.1. The van der Waals surface area contributed by atoms with Gasteiger partial charge in [0.15, 0.2) is 11.9 Å². The molecule has 0 aliphatic carbocycles. The van der Waals surface area contributed by atoms with Crippen molar-refractivity contribution >= 4 is 77.0 Å². The van der Waals surface area contributed by atoms with Gasteiger partial charge in [0, 0.05) is 13.1 Å². The van der Waals surface area contributed by atoms with Crippen molar-refractivity contribution in [3.8, 4) is 0 Å². The molecular formula is C44H83N19O16. The van der Waals surface area contributed by atoms with E-state index in [0.29, 0.717) is 12.8 Å². The second-order valence-corrected chi connectivity index (χ2v) is 18.0. The van der Waals surface area contributed by atoms with Gasteiger partial charge in [-0.2, -0.15) is 0 Å². The van der Waals surface area contributed by atoms with E-state index >= 15 is 0 Å². The average Bonchev–Trinajstić information content (AvgIpc) is 3.37. The molecule has 0 bridgehead atoms. The molecule has 35 nitrogen and oxygen atoms in total. The maximum atomic E-state index is 14.2. The highest BCUT2D eigenvalue weighted by molar-refractivity contribution is 5.99. The van der Waals surface area contributed by atoms with Gasteiger partial charge in [0.1, 0.15) is 54.4 Å². The van der Waals surface area contributed by atoms with Gasteiger partial charge in [0.2, 0.25) is 59.1 Å². The van der Waals surface area contributed by atoms with Crippen LogP contribution in [-0.2, 0) is 52.7 Å². The molecule has 0 unspecified atom stereocenters. The van der Waals surface area contributed by atoms with E-state index < -0.39 is 158 Å². The number of nitrogens with zero attached hydrogens (tertiary/aromatic N) is 2.